The topological polar surface area (TPSA) is 53.7 Å². The summed E-state index contributed by atoms with van der Waals surface area (Å²) < 4.78 is 15.9. The summed E-state index contributed by atoms with van der Waals surface area (Å²) in [5.41, 5.74) is 6.49. The van der Waals surface area contributed by atoms with Gasteiger partial charge in [0.2, 0.25) is 6.79 Å². The van der Waals surface area contributed by atoms with E-state index in [1.165, 1.54) is 0 Å². The summed E-state index contributed by atoms with van der Waals surface area (Å²) in [5, 5.41) is 0.476. The minimum atomic E-state index is 0.207. The highest BCUT2D eigenvalue weighted by Crippen LogP contribution is 2.46. The highest BCUT2D eigenvalue weighted by atomic mass is 35.5. The van der Waals surface area contributed by atoms with Crippen molar-refractivity contribution in [2.45, 2.75) is 12.8 Å². The van der Waals surface area contributed by atoms with Crippen LogP contribution < -0.4 is 19.9 Å². The molecule has 1 heterocycles. The molecule has 0 radical (unpaired) electrons. The minimum Gasteiger partial charge on any atom is -0.495 e. The Labute approximate surface area is 99.2 Å². The molecule has 0 atom stereocenters. The van der Waals surface area contributed by atoms with E-state index in [1.807, 2.05) is 6.07 Å². The van der Waals surface area contributed by atoms with Crippen LogP contribution in [-0.4, -0.2) is 20.4 Å². The van der Waals surface area contributed by atoms with Gasteiger partial charge in [-0.2, -0.15) is 0 Å². The van der Waals surface area contributed by atoms with Crippen molar-refractivity contribution in [3.8, 4) is 17.2 Å². The summed E-state index contributed by atoms with van der Waals surface area (Å²) in [6.07, 6.45) is 1.70. The first-order chi connectivity index (χ1) is 7.77. The quantitative estimate of drug-likeness (QED) is 0.879. The molecule has 4 nitrogen and oxygen atoms in total. The van der Waals surface area contributed by atoms with Crippen LogP contribution in [0.4, 0.5) is 0 Å². The third-order valence-corrected chi connectivity index (χ3v) is 2.83. The van der Waals surface area contributed by atoms with Gasteiger partial charge in [0.15, 0.2) is 11.5 Å². The van der Waals surface area contributed by atoms with Crippen LogP contribution in [-0.2, 0) is 6.42 Å². The predicted octanol–water partition coefficient (Wildman–Crippen LogP) is 1.97. The lowest BCUT2D eigenvalue weighted by molar-refractivity contribution is 0.174. The van der Waals surface area contributed by atoms with Gasteiger partial charge in [0.25, 0.3) is 0 Å². The average Bonchev–Trinajstić information content (AvgIpc) is 2.75. The van der Waals surface area contributed by atoms with Crippen LogP contribution >= 0.6 is 11.6 Å². The number of ether oxygens (including phenoxy) is 3. The van der Waals surface area contributed by atoms with Gasteiger partial charge in [-0.25, -0.2) is 0 Å². The molecular formula is C11H14ClNO3. The molecule has 5 heteroatoms. The molecule has 88 valence electrons. The minimum absolute atomic E-state index is 0.207. The van der Waals surface area contributed by atoms with Crippen LogP contribution in [0.5, 0.6) is 17.2 Å². The summed E-state index contributed by atoms with van der Waals surface area (Å²) in [7, 11) is 1.59. The zero-order valence-electron chi connectivity index (χ0n) is 9.09. The lowest BCUT2D eigenvalue weighted by Gasteiger charge is -2.11. The second-order valence-electron chi connectivity index (χ2n) is 3.51. The SMILES string of the molecule is COc1c(CCCN)cc2c(c1Cl)OCO2. The molecule has 2 rings (SSSR count). The van der Waals surface area contributed by atoms with Crippen molar-refractivity contribution in [3.05, 3.63) is 16.7 Å². The summed E-state index contributed by atoms with van der Waals surface area (Å²) in [6.45, 7) is 0.841. The smallest absolute Gasteiger partial charge is 0.231 e. The van der Waals surface area contributed by atoms with Crippen LogP contribution in [0.25, 0.3) is 0 Å². The number of fused-ring (bicyclic) bond motifs is 1. The van der Waals surface area contributed by atoms with Crippen molar-refractivity contribution in [1.29, 1.82) is 0 Å². The molecule has 0 saturated carbocycles. The van der Waals surface area contributed by atoms with Crippen molar-refractivity contribution in [1.82, 2.24) is 0 Å². The molecule has 0 aliphatic carbocycles. The molecule has 1 aliphatic heterocycles. The maximum atomic E-state index is 6.18. The van der Waals surface area contributed by atoms with Gasteiger partial charge in [0.05, 0.1) is 7.11 Å². The fraction of sp³-hybridized carbons (Fsp3) is 0.455. The van der Waals surface area contributed by atoms with Gasteiger partial charge in [-0.1, -0.05) is 11.6 Å². The molecular weight excluding hydrogens is 230 g/mol. The highest BCUT2D eigenvalue weighted by Gasteiger charge is 2.23. The molecule has 0 spiro atoms. The number of rotatable bonds is 4. The van der Waals surface area contributed by atoms with Gasteiger partial charge in [-0.05, 0) is 31.0 Å². The van der Waals surface area contributed by atoms with Crippen molar-refractivity contribution in [2.75, 3.05) is 20.4 Å². The van der Waals surface area contributed by atoms with Gasteiger partial charge in [0, 0.05) is 0 Å². The first-order valence-corrected chi connectivity index (χ1v) is 5.50. The third-order valence-electron chi connectivity index (χ3n) is 2.49. The number of hydrogen-bond donors (Lipinski definition) is 1. The van der Waals surface area contributed by atoms with E-state index in [-0.39, 0.29) is 6.79 Å². The fourth-order valence-electron chi connectivity index (χ4n) is 1.73. The summed E-state index contributed by atoms with van der Waals surface area (Å²) >= 11 is 6.18. The Morgan fingerprint density at radius 1 is 1.50 bits per heavy atom. The molecule has 0 unspecified atom stereocenters. The third kappa shape index (κ3) is 1.90. The van der Waals surface area contributed by atoms with Crippen LogP contribution in [0.3, 0.4) is 0 Å². The van der Waals surface area contributed by atoms with Gasteiger partial charge < -0.3 is 19.9 Å². The Balaban J connectivity index is 2.39. The molecule has 2 N–H and O–H groups in total. The van der Waals surface area contributed by atoms with E-state index in [2.05, 4.69) is 0 Å². The Morgan fingerprint density at radius 3 is 3.00 bits per heavy atom. The van der Waals surface area contributed by atoms with E-state index >= 15 is 0 Å². The summed E-state index contributed by atoms with van der Waals surface area (Å²) in [6, 6.07) is 1.91. The first-order valence-electron chi connectivity index (χ1n) is 5.13. The number of hydrogen-bond acceptors (Lipinski definition) is 4. The molecule has 16 heavy (non-hydrogen) atoms. The van der Waals surface area contributed by atoms with E-state index < -0.39 is 0 Å². The number of methoxy groups -OCH3 is 1. The monoisotopic (exact) mass is 243 g/mol. The van der Waals surface area contributed by atoms with Gasteiger partial charge >= 0.3 is 0 Å². The molecule has 0 bridgehead atoms. The maximum absolute atomic E-state index is 6.18. The van der Waals surface area contributed by atoms with Crippen molar-refractivity contribution in [2.24, 2.45) is 5.73 Å². The summed E-state index contributed by atoms with van der Waals surface area (Å²) in [5.74, 6) is 1.90. The van der Waals surface area contributed by atoms with Crippen molar-refractivity contribution < 1.29 is 14.2 Å². The number of nitrogens with two attached hydrogens (primary N) is 1. The van der Waals surface area contributed by atoms with Gasteiger partial charge in [-0.15, -0.1) is 0 Å². The van der Waals surface area contributed by atoms with Crippen LogP contribution in [0.2, 0.25) is 5.02 Å². The fourth-order valence-corrected chi connectivity index (χ4v) is 2.08. The Bertz CT molecular complexity index is 395. The number of benzene rings is 1. The van der Waals surface area contributed by atoms with E-state index in [0.29, 0.717) is 28.8 Å². The molecule has 1 aromatic carbocycles. The second-order valence-corrected chi connectivity index (χ2v) is 3.89. The standard InChI is InChI=1S/C11H14ClNO3/c1-14-10-7(3-2-4-13)5-8-11(9(10)12)16-6-15-8/h5H,2-4,6,13H2,1H3. The number of aryl methyl sites for hydroxylation is 1. The molecule has 1 aromatic rings. The average molecular weight is 244 g/mol. The Morgan fingerprint density at radius 2 is 2.31 bits per heavy atom. The first kappa shape index (κ1) is 11.4. The maximum Gasteiger partial charge on any atom is 0.231 e. The zero-order chi connectivity index (χ0) is 11.5. The van der Waals surface area contributed by atoms with Gasteiger partial charge in [0.1, 0.15) is 10.8 Å². The largest absolute Gasteiger partial charge is 0.495 e. The van der Waals surface area contributed by atoms with Crippen molar-refractivity contribution >= 4 is 11.6 Å². The summed E-state index contributed by atoms with van der Waals surface area (Å²) in [4.78, 5) is 0. The zero-order valence-corrected chi connectivity index (χ0v) is 9.84. The molecule has 0 saturated heterocycles. The van der Waals surface area contributed by atoms with E-state index in [9.17, 15) is 0 Å². The Kier molecular flexibility index (Phi) is 3.41. The van der Waals surface area contributed by atoms with Crippen molar-refractivity contribution in [3.63, 3.8) is 0 Å². The van der Waals surface area contributed by atoms with E-state index in [0.717, 1.165) is 18.4 Å². The van der Waals surface area contributed by atoms with Crippen LogP contribution in [0.1, 0.15) is 12.0 Å². The molecule has 0 amide bonds. The molecule has 0 fully saturated rings. The van der Waals surface area contributed by atoms with Gasteiger partial charge in [-0.3, -0.25) is 0 Å². The number of halogens is 1. The molecule has 0 aromatic heterocycles. The lowest BCUT2D eigenvalue weighted by Crippen LogP contribution is -2.02. The van der Waals surface area contributed by atoms with E-state index in [4.69, 9.17) is 31.5 Å². The van der Waals surface area contributed by atoms with Crippen LogP contribution in [0, 0.1) is 0 Å². The Hall–Kier alpha value is -1.13. The second kappa shape index (κ2) is 4.80. The van der Waals surface area contributed by atoms with E-state index in [1.54, 1.807) is 7.11 Å². The predicted molar refractivity (Wildman–Crippen MR) is 61.5 cm³/mol. The highest BCUT2D eigenvalue weighted by molar-refractivity contribution is 6.34. The van der Waals surface area contributed by atoms with Crippen LogP contribution in [0.15, 0.2) is 6.07 Å². The molecule has 1 aliphatic rings. The lowest BCUT2D eigenvalue weighted by atomic mass is 10.1. The normalized spacial score (nSPS) is 12.9.